The summed E-state index contributed by atoms with van der Waals surface area (Å²) in [5.74, 6) is -0.963. The topological polar surface area (TPSA) is 90.9 Å². The van der Waals surface area contributed by atoms with Gasteiger partial charge in [0.2, 0.25) is 5.91 Å². The minimum absolute atomic E-state index is 0.169. The Morgan fingerprint density at radius 1 is 1.05 bits per heavy atom. The highest BCUT2D eigenvalue weighted by Gasteiger charge is 2.55. The SMILES string of the molecule is COC(=O)C1CC(N(C)C(C)(C)C)(N(C)C(C)(C)C)CCC1N1CCC(Nc2ncnc3ccc(C(F)(F)F)cc23)C1=O. The van der Waals surface area contributed by atoms with Crippen LogP contribution in [-0.2, 0) is 20.5 Å². The lowest BCUT2D eigenvalue weighted by molar-refractivity contribution is -0.174. The molecule has 12 heteroatoms. The van der Waals surface area contributed by atoms with Crippen molar-refractivity contribution < 1.29 is 27.5 Å². The van der Waals surface area contributed by atoms with Crippen molar-refractivity contribution in [1.82, 2.24) is 24.7 Å². The highest BCUT2D eigenvalue weighted by Crippen LogP contribution is 2.46. The van der Waals surface area contributed by atoms with Crippen LogP contribution in [0.5, 0.6) is 0 Å². The van der Waals surface area contributed by atoms with Gasteiger partial charge in [-0.25, -0.2) is 9.97 Å². The van der Waals surface area contributed by atoms with Crippen LogP contribution >= 0.6 is 0 Å². The molecule has 9 nitrogen and oxygen atoms in total. The van der Waals surface area contributed by atoms with Gasteiger partial charge >= 0.3 is 12.1 Å². The molecule has 0 spiro atoms. The summed E-state index contributed by atoms with van der Waals surface area (Å²) in [6, 6.07) is 2.20. The highest BCUT2D eigenvalue weighted by atomic mass is 19.4. The second kappa shape index (κ2) is 11.5. The molecule has 2 aliphatic rings. The van der Waals surface area contributed by atoms with E-state index in [1.165, 1.54) is 19.5 Å². The fourth-order valence-corrected chi connectivity index (χ4v) is 6.70. The lowest BCUT2D eigenvalue weighted by Gasteiger charge is -2.60. The molecule has 2 heterocycles. The number of rotatable bonds is 6. The van der Waals surface area contributed by atoms with E-state index in [0.29, 0.717) is 31.3 Å². The fourth-order valence-electron chi connectivity index (χ4n) is 6.70. The molecule has 1 amide bonds. The summed E-state index contributed by atoms with van der Waals surface area (Å²) in [7, 11) is 5.56. The summed E-state index contributed by atoms with van der Waals surface area (Å²) in [5.41, 5.74) is -1.34. The third-order valence-corrected chi connectivity index (χ3v) is 9.53. The van der Waals surface area contributed by atoms with E-state index in [2.05, 4.69) is 80.7 Å². The molecule has 3 unspecified atom stereocenters. The normalized spacial score (nSPS) is 23.3. The smallest absolute Gasteiger partial charge is 0.416 e. The number of hydrogen-bond acceptors (Lipinski definition) is 8. The van der Waals surface area contributed by atoms with E-state index >= 15 is 0 Å². The number of anilines is 1. The van der Waals surface area contributed by atoms with Gasteiger partial charge in [0.15, 0.2) is 0 Å². The molecule has 1 aliphatic heterocycles. The first kappa shape index (κ1) is 32.9. The maximum Gasteiger partial charge on any atom is 0.416 e. The molecule has 2 fully saturated rings. The van der Waals surface area contributed by atoms with Crippen LogP contribution in [0.15, 0.2) is 24.5 Å². The number of benzene rings is 1. The van der Waals surface area contributed by atoms with Crippen LogP contribution in [0.3, 0.4) is 0 Å². The van der Waals surface area contributed by atoms with Gasteiger partial charge in [-0.15, -0.1) is 0 Å². The van der Waals surface area contributed by atoms with Crippen LogP contribution in [0.2, 0.25) is 0 Å². The van der Waals surface area contributed by atoms with Crippen LogP contribution in [-0.4, -0.2) is 93.1 Å². The molecule has 1 saturated heterocycles. The average molecular weight is 607 g/mol. The number of esters is 1. The first-order valence-electron chi connectivity index (χ1n) is 14.8. The minimum Gasteiger partial charge on any atom is -0.469 e. The Kier molecular flexibility index (Phi) is 8.80. The number of alkyl halides is 3. The summed E-state index contributed by atoms with van der Waals surface area (Å²) >= 11 is 0. The van der Waals surface area contributed by atoms with E-state index in [0.717, 1.165) is 18.6 Å². The number of nitrogens with zero attached hydrogens (tertiary/aromatic N) is 5. The second-order valence-corrected chi connectivity index (χ2v) is 13.9. The van der Waals surface area contributed by atoms with Crippen molar-refractivity contribution in [3.05, 3.63) is 30.1 Å². The number of likely N-dealkylation sites (tertiary alicyclic amines) is 1. The van der Waals surface area contributed by atoms with Crippen LogP contribution in [0, 0.1) is 5.92 Å². The zero-order chi connectivity index (χ0) is 32.1. The van der Waals surface area contributed by atoms with Crippen molar-refractivity contribution in [3.8, 4) is 0 Å². The molecule has 4 rings (SSSR count). The number of carbonyl (C=O) groups excluding carboxylic acids is 2. The van der Waals surface area contributed by atoms with E-state index in [1.54, 1.807) is 4.90 Å². The number of carbonyl (C=O) groups is 2. The Hall–Kier alpha value is -2.99. The van der Waals surface area contributed by atoms with Crippen LogP contribution in [0.1, 0.15) is 72.8 Å². The van der Waals surface area contributed by atoms with Crippen molar-refractivity contribution in [3.63, 3.8) is 0 Å². The largest absolute Gasteiger partial charge is 0.469 e. The van der Waals surface area contributed by atoms with Gasteiger partial charge in [0.1, 0.15) is 18.2 Å². The van der Waals surface area contributed by atoms with Crippen LogP contribution in [0.4, 0.5) is 19.0 Å². The Balaban J connectivity index is 1.63. The Labute approximate surface area is 252 Å². The van der Waals surface area contributed by atoms with Gasteiger partial charge in [-0.1, -0.05) is 0 Å². The van der Waals surface area contributed by atoms with Crippen molar-refractivity contribution in [2.24, 2.45) is 5.92 Å². The molecule has 238 valence electrons. The van der Waals surface area contributed by atoms with Crippen molar-refractivity contribution in [1.29, 1.82) is 0 Å². The van der Waals surface area contributed by atoms with Crippen LogP contribution in [0.25, 0.3) is 10.9 Å². The summed E-state index contributed by atoms with van der Waals surface area (Å²) in [6.07, 6.45) is -1.05. The molecule has 43 heavy (non-hydrogen) atoms. The quantitative estimate of drug-likeness (QED) is 0.356. The second-order valence-electron chi connectivity index (χ2n) is 13.9. The third-order valence-electron chi connectivity index (χ3n) is 9.53. The summed E-state index contributed by atoms with van der Waals surface area (Å²) in [4.78, 5) is 41.9. The van der Waals surface area contributed by atoms with Crippen LogP contribution < -0.4 is 5.32 Å². The molecule has 3 atom stereocenters. The number of nitrogens with one attached hydrogen (secondary N) is 1. The molecular formula is C31H45F3N6O3. The monoisotopic (exact) mass is 606 g/mol. The van der Waals surface area contributed by atoms with Gasteiger partial charge in [0, 0.05) is 29.1 Å². The lowest BCUT2D eigenvalue weighted by Crippen LogP contribution is -2.70. The van der Waals surface area contributed by atoms with E-state index in [4.69, 9.17) is 4.74 Å². The van der Waals surface area contributed by atoms with Gasteiger partial charge in [-0.2, -0.15) is 13.2 Å². The predicted octanol–water partition coefficient (Wildman–Crippen LogP) is 5.16. The molecule has 1 aliphatic carbocycles. The Bertz CT molecular complexity index is 1330. The van der Waals surface area contributed by atoms with Gasteiger partial charge < -0.3 is 15.0 Å². The fraction of sp³-hybridized carbons (Fsp3) is 0.677. The first-order chi connectivity index (χ1) is 19.8. The maximum atomic E-state index is 13.8. The third kappa shape index (κ3) is 6.31. The van der Waals surface area contributed by atoms with Crippen molar-refractivity contribution >= 4 is 28.6 Å². The number of hydrogen-bond donors (Lipinski definition) is 1. The summed E-state index contributed by atoms with van der Waals surface area (Å²) in [5, 5.41) is 3.28. The summed E-state index contributed by atoms with van der Waals surface area (Å²) in [6.45, 7) is 13.3. The lowest BCUT2D eigenvalue weighted by atomic mass is 9.73. The standard InChI is InChI=1S/C31H45F3N6O3/c1-28(2,3)38(7)30(39(8)29(4,5)6)14-12-24(21(17-30)27(42)43-9)40-15-13-23(26(40)41)37-25-20-16-19(31(32,33)34)10-11-22(20)35-18-36-25/h10-11,16,18,21,23-24H,12-15,17H2,1-9H3,(H,35,36,37). The molecule has 0 radical (unpaired) electrons. The molecule has 1 aromatic carbocycles. The first-order valence-corrected chi connectivity index (χ1v) is 14.8. The van der Waals surface area contributed by atoms with E-state index in [1.807, 2.05) is 0 Å². The Morgan fingerprint density at radius 2 is 1.67 bits per heavy atom. The molecule has 2 aromatic rings. The van der Waals surface area contributed by atoms with Crippen molar-refractivity contribution in [2.75, 3.05) is 33.1 Å². The average Bonchev–Trinajstić information content (AvgIpc) is 3.29. The molecule has 1 saturated carbocycles. The number of fused-ring (bicyclic) bond motifs is 1. The Morgan fingerprint density at radius 3 is 2.23 bits per heavy atom. The minimum atomic E-state index is -4.53. The zero-order valence-corrected chi connectivity index (χ0v) is 26.7. The maximum absolute atomic E-state index is 13.8. The molecule has 0 bridgehead atoms. The number of halogens is 3. The number of aromatic nitrogens is 2. The van der Waals surface area contributed by atoms with Gasteiger partial charge in [-0.3, -0.25) is 19.4 Å². The molecule has 1 aromatic heterocycles. The molecule has 1 N–H and O–H groups in total. The number of methoxy groups -OCH3 is 1. The molecular weight excluding hydrogens is 561 g/mol. The van der Waals surface area contributed by atoms with Gasteiger partial charge in [0.25, 0.3) is 0 Å². The van der Waals surface area contributed by atoms with E-state index in [9.17, 15) is 22.8 Å². The highest BCUT2D eigenvalue weighted by molar-refractivity contribution is 5.93. The van der Waals surface area contributed by atoms with E-state index < -0.39 is 29.4 Å². The zero-order valence-electron chi connectivity index (χ0n) is 26.7. The van der Waals surface area contributed by atoms with E-state index in [-0.39, 0.29) is 40.2 Å². The van der Waals surface area contributed by atoms with Gasteiger partial charge in [0.05, 0.1) is 29.8 Å². The number of ether oxygens (including phenoxy) is 1. The number of amides is 1. The van der Waals surface area contributed by atoms with Crippen molar-refractivity contribution in [2.45, 2.75) is 102 Å². The summed E-state index contributed by atoms with van der Waals surface area (Å²) < 4.78 is 45.6. The van der Waals surface area contributed by atoms with Gasteiger partial charge in [-0.05, 0) is 99.5 Å². The predicted molar refractivity (Wildman–Crippen MR) is 159 cm³/mol.